The molecule has 0 spiro atoms. The van der Waals surface area contributed by atoms with E-state index in [2.05, 4.69) is 43.7 Å². The highest BCUT2D eigenvalue weighted by molar-refractivity contribution is 9.10. The Balaban J connectivity index is 1.79. The third-order valence-electron chi connectivity index (χ3n) is 3.76. The van der Waals surface area contributed by atoms with Crippen molar-refractivity contribution in [1.82, 2.24) is 9.55 Å². The summed E-state index contributed by atoms with van der Waals surface area (Å²) < 4.78 is 14.5. The minimum absolute atomic E-state index is 0.274. The summed E-state index contributed by atoms with van der Waals surface area (Å²) in [4.78, 5) is 4.48. The SMILES string of the molecule is Brc1cccc(-n2cnc3ccc(C4OCCCO4)cc32)c1. The van der Waals surface area contributed by atoms with Crippen molar-refractivity contribution in [2.24, 2.45) is 0 Å². The smallest absolute Gasteiger partial charge is 0.183 e. The van der Waals surface area contributed by atoms with Crippen LogP contribution in [0.3, 0.4) is 0 Å². The zero-order valence-electron chi connectivity index (χ0n) is 11.9. The van der Waals surface area contributed by atoms with E-state index in [1.165, 1.54) is 0 Å². The number of rotatable bonds is 2. The molecule has 4 rings (SSSR count). The second-order valence-electron chi connectivity index (χ2n) is 5.27. The van der Waals surface area contributed by atoms with E-state index in [0.717, 1.165) is 46.4 Å². The normalized spacial score (nSPS) is 16.2. The third-order valence-corrected chi connectivity index (χ3v) is 4.25. The first-order valence-corrected chi connectivity index (χ1v) is 8.07. The molecule has 2 aromatic carbocycles. The molecule has 0 saturated carbocycles. The van der Waals surface area contributed by atoms with Gasteiger partial charge in [-0.25, -0.2) is 4.98 Å². The summed E-state index contributed by atoms with van der Waals surface area (Å²) in [6.07, 6.45) is 2.53. The first-order valence-electron chi connectivity index (χ1n) is 7.27. The van der Waals surface area contributed by atoms with Gasteiger partial charge in [0.05, 0.1) is 24.2 Å². The van der Waals surface area contributed by atoms with Crippen LogP contribution in [0.15, 0.2) is 53.3 Å². The number of nitrogens with zero attached hydrogens (tertiary/aromatic N) is 2. The maximum atomic E-state index is 5.69. The number of ether oxygens (including phenoxy) is 2. The van der Waals surface area contributed by atoms with Crippen LogP contribution in [0.25, 0.3) is 16.7 Å². The summed E-state index contributed by atoms with van der Waals surface area (Å²) >= 11 is 3.52. The number of imidazole rings is 1. The molecule has 4 nitrogen and oxygen atoms in total. The molecule has 0 bridgehead atoms. The summed E-state index contributed by atoms with van der Waals surface area (Å²) in [7, 11) is 0. The highest BCUT2D eigenvalue weighted by Crippen LogP contribution is 2.27. The number of halogens is 1. The second-order valence-corrected chi connectivity index (χ2v) is 6.19. The first-order chi connectivity index (χ1) is 10.8. The van der Waals surface area contributed by atoms with Gasteiger partial charge in [0.2, 0.25) is 0 Å². The molecule has 112 valence electrons. The van der Waals surface area contributed by atoms with Crippen LogP contribution in [0.4, 0.5) is 0 Å². The fraction of sp³-hybridized carbons (Fsp3) is 0.235. The predicted octanol–water partition coefficient (Wildman–Crippen LogP) is 4.22. The number of hydrogen-bond donors (Lipinski definition) is 0. The van der Waals surface area contributed by atoms with Crippen molar-refractivity contribution in [2.75, 3.05) is 13.2 Å². The van der Waals surface area contributed by atoms with Gasteiger partial charge in [0, 0.05) is 15.7 Å². The topological polar surface area (TPSA) is 36.3 Å². The molecule has 0 aliphatic carbocycles. The monoisotopic (exact) mass is 358 g/mol. The molecule has 5 heteroatoms. The van der Waals surface area contributed by atoms with E-state index in [0.29, 0.717) is 0 Å². The van der Waals surface area contributed by atoms with Crippen molar-refractivity contribution in [3.63, 3.8) is 0 Å². The zero-order chi connectivity index (χ0) is 14.9. The molecule has 1 fully saturated rings. The maximum absolute atomic E-state index is 5.69. The van der Waals surface area contributed by atoms with E-state index in [-0.39, 0.29) is 6.29 Å². The minimum atomic E-state index is -0.274. The van der Waals surface area contributed by atoms with Gasteiger partial charge in [-0.15, -0.1) is 0 Å². The van der Waals surface area contributed by atoms with Crippen molar-refractivity contribution in [2.45, 2.75) is 12.7 Å². The Bertz CT molecular complexity index is 809. The van der Waals surface area contributed by atoms with E-state index >= 15 is 0 Å². The second kappa shape index (κ2) is 5.83. The minimum Gasteiger partial charge on any atom is -0.348 e. The molecule has 0 radical (unpaired) electrons. The third kappa shape index (κ3) is 2.56. The maximum Gasteiger partial charge on any atom is 0.183 e. The molecule has 1 aliphatic heterocycles. The lowest BCUT2D eigenvalue weighted by molar-refractivity contribution is -0.182. The molecule has 0 unspecified atom stereocenters. The van der Waals surface area contributed by atoms with Crippen molar-refractivity contribution >= 4 is 27.0 Å². The van der Waals surface area contributed by atoms with Crippen LogP contribution in [-0.2, 0) is 9.47 Å². The van der Waals surface area contributed by atoms with Crippen LogP contribution < -0.4 is 0 Å². The lowest BCUT2D eigenvalue weighted by atomic mass is 10.1. The lowest BCUT2D eigenvalue weighted by Crippen LogP contribution is -2.17. The van der Waals surface area contributed by atoms with E-state index in [1.54, 1.807) is 0 Å². The molecule has 3 aromatic rings. The Morgan fingerprint density at radius 3 is 2.77 bits per heavy atom. The Morgan fingerprint density at radius 2 is 1.95 bits per heavy atom. The molecule has 0 amide bonds. The molecule has 0 atom stereocenters. The van der Waals surface area contributed by atoms with Crippen LogP contribution in [-0.4, -0.2) is 22.8 Å². The average molecular weight is 359 g/mol. The fourth-order valence-corrected chi connectivity index (χ4v) is 3.07. The van der Waals surface area contributed by atoms with Gasteiger partial charge in [0.15, 0.2) is 6.29 Å². The van der Waals surface area contributed by atoms with E-state index < -0.39 is 0 Å². The van der Waals surface area contributed by atoms with Crippen molar-refractivity contribution in [3.8, 4) is 5.69 Å². The highest BCUT2D eigenvalue weighted by atomic mass is 79.9. The Labute approximate surface area is 136 Å². The van der Waals surface area contributed by atoms with Crippen LogP contribution in [0, 0.1) is 0 Å². The summed E-state index contributed by atoms with van der Waals surface area (Å²) in [6.45, 7) is 1.49. The van der Waals surface area contributed by atoms with E-state index in [9.17, 15) is 0 Å². The van der Waals surface area contributed by atoms with Crippen LogP contribution >= 0.6 is 15.9 Å². The lowest BCUT2D eigenvalue weighted by Gasteiger charge is -2.23. The van der Waals surface area contributed by atoms with Crippen molar-refractivity contribution in [3.05, 3.63) is 58.8 Å². The van der Waals surface area contributed by atoms with Gasteiger partial charge in [-0.2, -0.15) is 0 Å². The Kier molecular flexibility index (Phi) is 3.70. The average Bonchev–Trinajstić information content (AvgIpc) is 2.99. The highest BCUT2D eigenvalue weighted by Gasteiger charge is 2.18. The van der Waals surface area contributed by atoms with Gasteiger partial charge in [-0.05, 0) is 36.8 Å². The zero-order valence-corrected chi connectivity index (χ0v) is 13.5. The fourth-order valence-electron chi connectivity index (χ4n) is 2.68. The largest absolute Gasteiger partial charge is 0.348 e. The van der Waals surface area contributed by atoms with Gasteiger partial charge in [-0.3, -0.25) is 4.57 Å². The standard InChI is InChI=1S/C17H15BrN2O2/c18-13-3-1-4-14(10-13)20-11-19-15-6-5-12(9-16(15)20)17-21-7-2-8-22-17/h1,3-6,9-11,17H,2,7-8H2. The predicted molar refractivity (Wildman–Crippen MR) is 88.0 cm³/mol. The number of aromatic nitrogens is 2. The molecular weight excluding hydrogens is 344 g/mol. The number of fused-ring (bicyclic) bond motifs is 1. The quantitative estimate of drug-likeness (QED) is 0.687. The molecule has 1 aromatic heterocycles. The molecule has 22 heavy (non-hydrogen) atoms. The van der Waals surface area contributed by atoms with Gasteiger partial charge in [-0.1, -0.05) is 28.1 Å². The van der Waals surface area contributed by atoms with E-state index in [1.807, 2.05) is 30.6 Å². The molecular formula is C17H15BrN2O2. The molecule has 1 saturated heterocycles. The van der Waals surface area contributed by atoms with Crippen LogP contribution in [0.2, 0.25) is 0 Å². The Morgan fingerprint density at radius 1 is 1.09 bits per heavy atom. The number of hydrogen-bond acceptors (Lipinski definition) is 3. The summed E-state index contributed by atoms with van der Waals surface area (Å²) in [6, 6.07) is 14.3. The van der Waals surface area contributed by atoms with Gasteiger partial charge >= 0.3 is 0 Å². The summed E-state index contributed by atoms with van der Waals surface area (Å²) in [5.74, 6) is 0. The molecule has 1 aliphatic rings. The molecule has 0 N–H and O–H groups in total. The van der Waals surface area contributed by atoms with Crippen molar-refractivity contribution < 1.29 is 9.47 Å². The first kappa shape index (κ1) is 13.9. The van der Waals surface area contributed by atoms with Crippen molar-refractivity contribution in [1.29, 1.82) is 0 Å². The summed E-state index contributed by atoms with van der Waals surface area (Å²) in [5, 5.41) is 0. The van der Waals surface area contributed by atoms with Crippen LogP contribution in [0.5, 0.6) is 0 Å². The van der Waals surface area contributed by atoms with Gasteiger partial charge < -0.3 is 9.47 Å². The molecule has 2 heterocycles. The number of benzene rings is 2. The van der Waals surface area contributed by atoms with E-state index in [4.69, 9.17) is 9.47 Å². The van der Waals surface area contributed by atoms with Crippen LogP contribution in [0.1, 0.15) is 18.3 Å². The van der Waals surface area contributed by atoms with Gasteiger partial charge in [0.1, 0.15) is 6.33 Å². The summed E-state index contributed by atoms with van der Waals surface area (Å²) in [5.41, 5.74) is 4.11. The van der Waals surface area contributed by atoms with Gasteiger partial charge in [0.25, 0.3) is 0 Å². The Hall–Kier alpha value is -1.69.